The van der Waals surface area contributed by atoms with Crippen LogP contribution in [-0.2, 0) is 11.2 Å². The molecule has 1 saturated carbocycles. The summed E-state index contributed by atoms with van der Waals surface area (Å²) in [4.78, 5) is 15.5. The second kappa shape index (κ2) is 7.04. The molecule has 6 heteroatoms. The number of aromatic nitrogens is 3. The maximum atomic E-state index is 5.74. The second-order valence-corrected chi connectivity index (χ2v) is 9.92. The van der Waals surface area contributed by atoms with Crippen molar-refractivity contribution in [1.29, 1.82) is 0 Å². The number of hydrogen-bond acceptors (Lipinski definition) is 5. The lowest BCUT2D eigenvalue weighted by molar-refractivity contribution is 0.127. The Hall–Kier alpha value is -2.44. The van der Waals surface area contributed by atoms with Gasteiger partial charge < -0.3 is 15.0 Å². The average molecular weight is 416 g/mol. The molecular formula is C25H29N5O. The van der Waals surface area contributed by atoms with Crippen LogP contribution in [0.2, 0.25) is 0 Å². The Kier molecular flexibility index (Phi) is 4.12. The molecule has 6 nitrogen and oxygen atoms in total. The van der Waals surface area contributed by atoms with Crippen LogP contribution in [0.4, 0.5) is 5.82 Å². The van der Waals surface area contributed by atoms with E-state index in [0.717, 1.165) is 49.6 Å². The van der Waals surface area contributed by atoms with Crippen LogP contribution < -0.4 is 5.32 Å². The highest BCUT2D eigenvalue weighted by Gasteiger charge is 2.43. The normalized spacial score (nSPS) is 30.5. The molecule has 2 aromatic heterocycles. The number of benzene rings is 1. The monoisotopic (exact) mass is 415 g/mol. The molecule has 3 aromatic rings. The summed E-state index contributed by atoms with van der Waals surface area (Å²) < 4.78 is 5.74. The first kappa shape index (κ1) is 18.2. The minimum absolute atomic E-state index is 0.238. The highest BCUT2D eigenvalue weighted by molar-refractivity contribution is 5.88. The van der Waals surface area contributed by atoms with Gasteiger partial charge in [0.15, 0.2) is 0 Å². The number of rotatable bonds is 4. The quantitative estimate of drug-likeness (QED) is 0.677. The molecule has 4 heterocycles. The standard InChI is InChI=1S/C25H29N5O/c1-2-4-19-15(3-1)7-8-22(30-10-17-12-31-13-18(17)11-30)23(19)29-25-20-9-21(16-5-6-16)28-24(20)26-14-27-25/h1-4,9,14,16-18,22-23H,5-8,10-13H2,(H2,26,27,28,29)/t17-,18?,22+,23?/m1/s1. The molecule has 0 radical (unpaired) electrons. The Morgan fingerprint density at radius 3 is 2.71 bits per heavy atom. The number of hydrogen-bond donors (Lipinski definition) is 2. The molecule has 4 aliphatic rings. The van der Waals surface area contributed by atoms with Gasteiger partial charge in [-0.2, -0.15) is 0 Å². The molecule has 2 aliphatic heterocycles. The van der Waals surface area contributed by atoms with Gasteiger partial charge in [-0.25, -0.2) is 9.97 Å². The number of nitrogens with one attached hydrogen (secondary N) is 2. The van der Waals surface area contributed by atoms with E-state index in [1.807, 2.05) is 0 Å². The summed E-state index contributed by atoms with van der Waals surface area (Å²) >= 11 is 0. The summed E-state index contributed by atoms with van der Waals surface area (Å²) in [5.74, 6) is 3.04. The van der Waals surface area contributed by atoms with E-state index >= 15 is 0 Å². The first-order valence-corrected chi connectivity index (χ1v) is 11.8. The third-order valence-corrected chi connectivity index (χ3v) is 7.98. The molecule has 7 rings (SSSR count). The zero-order chi connectivity index (χ0) is 20.4. The van der Waals surface area contributed by atoms with E-state index in [1.165, 1.54) is 36.1 Å². The summed E-state index contributed by atoms with van der Waals surface area (Å²) in [6, 6.07) is 11.9. The van der Waals surface area contributed by atoms with Crippen LogP contribution in [0.5, 0.6) is 0 Å². The van der Waals surface area contributed by atoms with Crippen LogP contribution in [-0.4, -0.2) is 52.2 Å². The minimum Gasteiger partial charge on any atom is -0.381 e. The summed E-state index contributed by atoms with van der Waals surface area (Å²) in [6.45, 7) is 4.18. The number of aryl methyl sites for hydroxylation is 1. The van der Waals surface area contributed by atoms with Crippen molar-refractivity contribution in [2.75, 3.05) is 31.6 Å². The summed E-state index contributed by atoms with van der Waals surface area (Å²) in [5.41, 5.74) is 5.16. The minimum atomic E-state index is 0.238. The summed E-state index contributed by atoms with van der Waals surface area (Å²) in [5, 5.41) is 5.02. The van der Waals surface area contributed by atoms with Gasteiger partial charge >= 0.3 is 0 Å². The van der Waals surface area contributed by atoms with Gasteiger partial charge in [-0.05, 0) is 48.8 Å². The highest BCUT2D eigenvalue weighted by Crippen LogP contribution is 2.43. The van der Waals surface area contributed by atoms with Gasteiger partial charge in [0, 0.05) is 36.7 Å². The smallest absolute Gasteiger partial charge is 0.143 e. The third kappa shape index (κ3) is 3.07. The van der Waals surface area contributed by atoms with Gasteiger partial charge in [0.25, 0.3) is 0 Å². The molecule has 2 N–H and O–H groups in total. The number of likely N-dealkylation sites (tertiary alicyclic amines) is 1. The van der Waals surface area contributed by atoms with Crippen molar-refractivity contribution in [1.82, 2.24) is 19.9 Å². The van der Waals surface area contributed by atoms with Gasteiger partial charge in [-0.3, -0.25) is 4.90 Å². The van der Waals surface area contributed by atoms with Crippen molar-refractivity contribution < 1.29 is 4.74 Å². The van der Waals surface area contributed by atoms with Gasteiger partial charge in [0.1, 0.15) is 17.8 Å². The fraction of sp³-hybridized carbons (Fsp3) is 0.520. The van der Waals surface area contributed by atoms with Crippen LogP contribution in [0.1, 0.15) is 48.0 Å². The van der Waals surface area contributed by atoms with E-state index in [1.54, 1.807) is 6.33 Å². The van der Waals surface area contributed by atoms with Crippen LogP contribution in [0.3, 0.4) is 0 Å². The van der Waals surface area contributed by atoms with Gasteiger partial charge in [0.05, 0.1) is 24.6 Å². The molecular weight excluding hydrogens is 386 g/mol. The fourth-order valence-electron chi connectivity index (χ4n) is 6.14. The molecule has 3 fully saturated rings. The van der Waals surface area contributed by atoms with Crippen LogP contribution in [0.15, 0.2) is 36.7 Å². The molecule has 0 spiro atoms. The van der Waals surface area contributed by atoms with Crippen molar-refractivity contribution in [2.45, 2.75) is 43.7 Å². The molecule has 1 aromatic carbocycles. The number of anilines is 1. The lowest BCUT2D eigenvalue weighted by Gasteiger charge is -2.40. The maximum Gasteiger partial charge on any atom is 0.143 e. The topological polar surface area (TPSA) is 66.1 Å². The number of aromatic amines is 1. The van der Waals surface area contributed by atoms with Crippen LogP contribution in [0.25, 0.3) is 11.0 Å². The molecule has 4 atom stereocenters. The Balaban J connectivity index is 1.25. The first-order chi connectivity index (χ1) is 15.3. The van der Waals surface area contributed by atoms with E-state index in [0.29, 0.717) is 23.8 Å². The van der Waals surface area contributed by atoms with Crippen LogP contribution >= 0.6 is 0 Å². The van der Waals surface area contributed by atoms with Gasteiger partial charge in [-0.15, -0.1) is 0 Å². The van der Waals surface area contributed by atoms with Crippen molar-refractivity contribution in [3.8, 4) is 0 Å². The number of fused-ring (bicyclic) bond motifs is 3. The first-order valence-electron chi connectivity index (χ1n) is 11.8. The Labute approximate surface area is 182 Å². The maximum absolute atomic E-state index is 5.74. The van der Waals surface area contributed by atoms with Crippen molar-refractivity contribution in [3.05, 3.63) is 53.5 Å². The summed E-state index contributed by atoms with van der Waals surface area (Å²) in [6.07, 6.45) is 6.59. The zero-order valence-corrected chi connectivity index (χ0v) is 17.8. The Morgan fingerprint density at radius 2 is 1.87 bits per heavy atom. The molecule has 0 bridgehead atoms. The van der Waals surface area contributed by atoms with Crippen molar-refractivity contribution in [3.63, 3.8) is 0 Å². The Morgan fingerprint density at radius 1 is 1.03 bits per heavy atom. The van der Waals surface area contributed by atoms with E-state index in [2.05, 4.69) is 50.5 Å². The van der Waals surface area contributed by atoms with Gasteiger partial charge in [-0.1, -0.05) is 24.3 Å². The number of nitrogens with zero attached hydrogens (tertiary/aromatic N) is 3. The number of H-pyrrole nitrogens is 1. The van der Waals surface area contributed by atoms with E-state index < -0.39 is 0 Å². The second-order valence-electron chi connectivity index (χ2n) is 9.92. The summed E-state index contributed by atoms with van der Waals surface area (Å²) in [7, 11) is 0. The third-order valence-electron chi connectivity index (χ3n) is 7.98. The molecule has 160 valence electrons. The van der Waals surface area contributed by atoms with Crippen LogP contribution in [0, 0.1) is 11.8 Å². The van der Waals surface area contributed by atoms with E-state index in [-0.39, 0.29) is 6.04 Å². The molecule has 0 amide bonds. The predicted molar refractivity (Wildman–Crippen MR) is 120 cm³/mol. The van der Waals surface area contributed by atoms with Gasteiger partial charge in [0.2, 0.25) is 0 Å². The lowest BCUT2D eigenvalue weighted by atomic mass is 9.83. The molecule has 31 heavy (non-hydrogen) atoms. The van der Waals surface area contributed by atoms with E-state index in [4.69, 9.17) is 9.72 Å². The molecule has 2 saturated heterocycles. The average Bonchev–Trinajstić information content (AvgIpc) is 3.20. The zero-order valence-electron chi connectivity index (χ0n) is 17.8. The predicted octanol–water partition coefficient (Wildman–Crippen LogP) is 3.88. The SMILES string of the molecule is c1ccc2c(c1)CC[C@H](N1CC3COC[C@H]3C1)C2Nc1ncnc2[nH]c(C3CC3)cc12. The van der Waals surface area contributed by atoms with E-state index in [9.17, 15) is 0 Å². The largest absolute Gasteiger partial charge is 0.381 e. The Bertz CT molecular complexity index is 1110. The highest BCUT2D eigenvalue weighted by atomic mass is 16.5. The molecule has 2 unspecified atom stereocenters. The fourth-order valence-corrected chi connectivity index (χ4v) is 6.14. The number of ether oxygens (including phenoxy) is 1. The van der Waals surface area contributed by atoms with Crippen molar-refractivity contribution in [2.24, 2.45) is 11.8 Å². The van der Waals surface area contributed by atoms with Crippen molar-refractivity contribution >= 4 is 16.9 Å². The molecule has 2 aliphatic carbocycles. The lowest BCUT2D eigenvalue weighted by Crippen LogP contribution is -2.44.